The van der Waals surface area contributed by atoms with Crippen LogP contribution in [0.15, 0.2) is 18.2 Å². The van der Waals surface area contributed by atoms with Crippen LogP contribution in [0.5, 0.6) is 0 Å². The number of halogens is 1. The number of carbonyl (C=O) groups excluding carboxylic acids is 1. The second kappa shape index (κ2) is 7.09. The average Bonchev–Trinajstić information content (AvgIpc) is 2.97. The quantitative estimate of drug-likeness (QED) is 0.874. The molecule has 2 rings (SSSR count). The molecule has 22 heavy (non-hydrogen) atoms. The number of carbonyl (C=O) groups is 1. The molecular weight excluding hydrogens is 281 g/mol. The normalized spacial score (nSPS) is 16.8. The molecule has 0 atom stereocenters. The zero-order valence-electron chi connectivity index (χ0n) is 13.7. The van der Waals surface area contributed by atoms with Gasteiger partial charge < -0.3 is 10.6 Å². The van der Waals surface area contributed by atoms with Crippen molar-refractivity contribution in [3.8, 4) is 0 Å². The van der Waals surface area contributed by atoms with E-state index >= 15 is 0 Å². The van der Waals surface area contributed by atoms with Crippen molar-refractivity contribution in [2.75, 3.05) is 25.5 Å². The Balaban J connectivity index is 1.94. The number of nitrogens with zero attached hydrogens (tertiary/aromatic N) is 1. The molecular formula is C17H26FN3O. The SMILES string of the molecule is CCN(C)C1(CNC(=O)Nc2ccc(C)cc2F)CCCC1. The van der Waals surface area contributed by atoms with Crippen LogP contribution in [0.1, 0.15) is 38.2 Å². The molecule has 1 aliphatic carbocycles. The number of rotatable bonds is 5. The van der Waals surface area contributed by atoms with E-state index < -0.39 is 5.82 Å². The third kappa shape index (κ3) is 3.77. The van der Waals surface area contributed by atoms with Gasteiger partial charge in [-0.2, -0.15) is 0 Å². The molecule has 1 aliphatic rings. The predicted octanol–water partition coefficient (Wildman–Crippen LogP) is 3.52. The van der Waals surface area contributed by atoms with Crippen molar-refractivity contribution in [3.05, 3.63) is 29.6 Å². The molecule has 0 heterocycles. The first-order chi connectivity index (χ1) is 10.5. The third-order valence-corrected chi connectivity index (χ3v) is 4.77. The van der Waals surface area contributed by atoms with Crippen LogP contribution in [-0.2, 0) is 0 Å². The van der Waals surface area contributed by atoms with E-state index in [-0.39, 0.29) is 17.3 Å². The minimum atomic E-state index is -0.406. The van der Waals surface area contributed by atoms with Crippen molar-refractivity contribution in [2.45, 2.75) is 45.1 Å². The van der Waals surface area contributed by atoms with Gasteiger partial charge in [-0.3, -0.25) is 4.90 Å². The summed E-state index contributed by atoms with van der Waals surface area (Å²) >= 11 is 0. The molecule has 0 saturated heterocycles. The van der Waals surface area contributed by atoms with Gasteiger partial charge in [0.1, 0.15) is 5.82 Å². The molecule has 1 saturated carbocycles. The summed E-state index contributed by atoms with van der Waals surface area (Å²) in [5.74, 6) is -0.406. The summed E-state index contributed by atoms with van der Waals surface area (Å²) in [4.78, 5) is 14.4. The van der Waals surface area contributed by atoms with E-state index in [1.54, 1.807) is 12.1 Å². The summed E-state index contributed by atoms with van der Waals surface area (Å²) < 4.78 is 13.8. The maximum Gasteiger partial charge on any atom is 0.319 e. The van der Waals surface area contributed by atoms with Gasteiger partial charge in [-0.1, -0.05) is 25.8 Å². The van der Waals surface area contributed by atoms with E-state index in [1.165, 1.54) is 18.9 Å². The number of amides is 2. The lowest BCUT2D eigenvalue weighted by Gasteiger charge is -2.38. The molecule has 0 unspecified atom stereocenters. The van der Waals surface area contributed by atoms with Crippen molar-refractivity contribution in [2.24, 2.45) is 0 Å². The Bertz CT molecular complexity index is 527. The first-order valence-corrected chi connectivity index (χ1v) is 7.99. The fourth-order valence-electron chi connectivity index (χ4n) is 3.19. The van der Waals surface area contributed by atoms with Gasteiger partial charge in [0.05, 0.1) is 5.69 Å². The summed E-state index contributed by atoms with van der Waals surface area (Å²) in [7, 11) is 2.10. The van der Waals surface area contributed by atoms with E-state index in [0.717, 1.165) is 24.9 Å². The van der Waals surface area contributed by atoms with Gasteiger partial charge >= 0.3 is 6.03 Å². The van der Waals surface area contributed by atoms with Gasteiger partial charge in [-0.25, -0.2) is 9.18 Å². The molecule has 5 heteroatoms. The Morgan fingerprint density at radius 2 is 2.05 bits per heavy atom. The number of aryl methyl sites for hydroxylation is 1. The first-order valence-electron chi connectivity index (χ1n) is 7.99. The van der Waals surface area contributed by atoms with Crippen molar-refractivity contribution >= 4 is 11.7 Å². The molecule has 1 aromatic carbocycles. The van der Waals surface area contributed by atoms with Crippen molar-refractivity contribution < 1.29 is 9.18 Å². The van der Waals surface area contributed by atoms with Crippen LogP contribution < -0.4 is 10.6 Å². The zero-order valence-corrected chi connectivity index (χ0v) is 13.7. The maximum atomic E-state index is 13.8. The molecule has 0 aromatic heterocycles. The molecule has 4 nitrogen and oxygen atoms in total. The standard InChI is InChI=1S/C17H26FN3O/c1-4-21(3)17(9-5-6-10-17)12-19-16(22)20-15-8-7-13(2)11-14(15)18/h7-8,11H,4-6,9-10,12H2,1-3H3,(H2,19,20,22). The first kappa shape index (κ1) is 16.7. The maximum absolute atomic E-state index is 13.8. The Labute approximate surface area is 132 Å². The van der Waals surface area contributed by atoms with Gasteiger partial charge in [0.15, 0.2) is 0 Å². The Morgan fingerprint density at radius 3 is 2.64 bits per heavy atom. The second-order valence-electron chi connectivity index (χ2n) is 6.24. The van der Waals surface area contributed by atoms with Gasteiger partial charge in [-0.15, -0.1) is 0 Å². The van der Waals surface area contributed by atoms with Gasteiger partial charge in [0, 0.05) is 12.1 Å². The number of hydrogen-bond acceptors (Lipinski definition) is 2. The summed E-state index contributed by atoms with van der Waals surface area (Å²) in [5.41, 5.74) is 1.09. The minimum absolute atomic E-state index is 0.0396. The molecule has 0 aliphatic heterocycles. The molecule has 122 valence electrons. The van der Waals surface area contributed by atoms with Gasteiger partial charge in [-0.05, 0) is 51.1 Å². The number of hydrogen-bond donors (Lipinski definition) is 2. The van der Waals surface area contributed by atoms with Crippen LogP contribution in [0, 0.1) is 12.7 Å². The monoisotopic (exact) mass is 307 g/mol. The van der Waals surface area contributed by atoms with Crippen LogP contribution in [0.2, 0.25) is 0 Å². The zero-order chi connectivity index (χ0) is 16.2. The van der Waals surface area contributed by atoms with E-state index in [2.05, 4.69) is 29.5 Å². The Kier molecular flexibility index (Phi) is 5.40. The topological polar surface area (TPSA) is 44.4 Å². The predicted molar refractivity (Wildman–Crippen MR) is 87.7 cm³/mol. The molecule has 2 amide bonds. The molecule has 0 radical (unpaired) electrons. The second-order valence-corrected chi connectivity index (χ2v) is 6.24. The minimum Gasteiger partial charge on any atom is -0.336 e. The van der Waals surface area contributed by atoms with E-state index in [1.807, 2.05) is 6.92 Å². The highest BCUT2D eigenvalue weighted by molar-refractivity contribution is 5.89. The van der Waals surface area contributed by atoms with E-state index in [4.69, 9.17) is 0 Å². The summed E-state index contributed by atoms with van der Waals surface area (Å²) in [6, 6.07) is 4.44. The van der Waals surface area contributed by atoms with Crippen LogP contribution in [0.4, 0.5) is 14.9 Å². The summed E-state index contributed by atoms with van der Waals surface area (Å²) in [6.07, 6.45) is 4.58. The number of anilines is 1. The van der Waals surface area contributed by atoms with E-state index in [9.17, 15) is 9.18 Å². The number of nitrogens with one attached hydrogen (secondary N) is 2. The largest absolute Gasteiger partial charge is 0.336 e. The molecule has 0 bridgehead atoms. The lowest BCUT2D eigenvalue weighted by Crippen LogP contribution is -2.53. The Morgan fingerprint density at radius 1 is 1.36 bits per heavy atom. The lowest BCUT2D eigenvalue weighted by atomic mass is 9.95. The van der Waals surface area contributed by atoms with Crippen LogP contribution >= 0.6 is 0 Å². The molecule has 2 N–H and O–H groups in total. The molecule has 1 fully saturated rings. The highest BCUT2D eigenvalue weighted by Gasteiger charge is 2.37. The van der Waals surface area contributed by atoms with E-state index in [0.29, 0.717) is 6.54 Å². The third-order valence-electron chi connectivity index (χ3n) is 4.77. The highest BCUT2D eigenvalue weighted by Crippen LogP contribution is 2.33. The van der Waals surface area contributed by atoms with Crippen molar-refractivity contribution in [1.29, 1.82) is 0 Å². The van der Waals surface area contributed by atoms with Crippen molar-refractivity contribution in [1.82, 2.24) is 10.2 Å². The summed E-state index contributed by atoms with van der Waals surface area (Å²) in [5, 5.41) is 5.50. The molecule has 0 spiro atoms. The number of benzene rings is 1. The smallest absolute Gasteiger partial charge is 0.319 e. The highest BCUT2D eigenvalue weighted by atomic mass is 19.1. The van der Waals surface area contributed by atoms with Gasteiger partial charge in [0.2, 0.25) is 0 Å². The lowest BCUT2D eigenvalue weighted by molar-refractivity contribution is 0.131. The van der Waals surface area contributed by atoms with Crippen LogP contribution in [0.3, 0.4) is 0 Å². The van der Waals surface area contributed by atoms with Crippen LogP contribution in [-0.4, -0.2) is 36.6 Å². The fourth-order valence-corrected chi connectivity index (χ4v) is 3.19. The van der Waals surface area contributed by atoms with Crippen molar-refractivity contribution in [3.63, 3.8) is 0 Å². The number of urea groups is 1. The number of likely N-dealkylation sites (N-methyl/N-ethyl adjacent to an activating group) is 1. The molecule has 1 aromatic rings. The van der Waals surface area contributed by atoms with Gasteiger partial charge in [0.25, 0.3) is 0 Å². The fraction of sp³-hybridized carbons (Fsp3) is 0.588. The Hall–Kier alpha value is -1.62. The summed E-state index contributed by atoms with van der Waals surface area (Å²) in [6.45, 7) is 5.49. The average molecular weight is 307 g/mol. The van der Waals surface area contributed by atoms with Crippen LogP contribution in [0.25, 0.3) is 0 Å².